The van der Waals surface area contributed by atoms with Crippen LogP contribution in [0.4, 0.5) is 0 Å². The Labute approximate surface area is 103 Å². The average Bonchev–Trinajstić information content (AvgIpc) is 3.00. The molecule has 1 atom stereocenters. The lowest BCUT2D eigenvalue weighted by molar-refractivity contribution is 0.0744. The van der Waals surface area contributed by atoms with Crippen LogP contribution in [0.5, 0.6) is 0 Å². The molecule has 3 rings (SSSR count). The van der Waals surface area contributed by atoms with Crippen molar-refractivity contribution in [3.05, 3.63) is 23.4 Å². The molecule has 6 heteroatoms. The first-order valence-electron chi connectivity index (χ1n) is 5.59. The van der Waals surface area contributed by atoms with Crippen molar-refractivity contribution in [1.29, 1.82) is 0 Å². The summed E-state index contributed by atoms with van der Waals surface area (Å²) >= 11 is 1.61. The number of nitrogens with one attached hydrogen (secondary N) is 1. The Kier molecular flexibility index (Phi) is 3.17. The van der Waals surface area contributed by atoms with Crippen LogP contribution in [0.1, 0.15) is 5.89 Å². The van der Waals surface area contributed by atoms with Crippen LogP contribution in [-0.2, 0) is 11.2 Å². The molecule has 1 fully saturated rings. The van der Waals surface area contributed by atoms with Gasteiger partial charge in [-0.1, -0.05) is 11.2 Å². The Hall–Kier alpha value is -1.24. The van der Waals surface area contributed by atoms with Gasteiger partial charge in [0, 0.05) is 19.0 Å². The molecule has 0 bridgehead atoms. The molecule has 1 N–H and O–H groups in total. The van der Waals surface area contributed by atoms with Crippen LogP contribution in [-0.4, -0.2) is 35.9 Å². The monoisotopic (exact) mass is 251 g/mol. The molecule has 0 saturated carbocycles. The number of morpholine rings is 1. The van der Waals surface area contributed by atoms with Crippen molar-refractivity contribution >= 4 is 11.3 Å². The zero-order valence-electron chi connectivity index (χ0n) is 9.26. The summed E-state index contributed by atoms with van der Waals surface area (Å²) in [5.41, 5.74) is 0. The van der Waals surface area contributed by atoms with Crippen molar-refractivity contribution in [2.24, 2.45) is 0 Å². The fraction of sp³-hybridized carbons (Fsp3) is 0.455. The van der Waals surface area contributed by atoms with Crippen molar-refractivity contribution < 1.29 is 9.26 Å². The molecule has 0 aliphatic carbocycles. The number of aromatic nitrogens is 2. The van der Waals surface area contributed by atoms with Gasteiger partial charge < -0.3 is 14.6 Å². The van der Waals surface area contributed by atoms with Gasteiger partial charge in [0.2, 0.25) is 11.7 Å². The van der Waals surface area contributed by atoms with Crippen LogP contribution in [0.3, 0.4) is 0 Å². The number of thiophene rings is 1. The number of rotatable bonds is 3. The molecule has 2 aromatic heterocycles. The maximum Gasteiger partial charge on any atom is 0.228 e. The quantitative estimate of drug-likeness (QED) is 0.891. The first-order valence-corrected chi connectivity index (χ1v) is 6.47. The highest BCUT2D eigenvalue weighted by atomic mass is 32.1. The third-order valence-corrected chi connectivity index (χ3v) is 3.49. The first-order chi connectivity index (χ1) is 8.42. The Morgan fingerprint density at radius 1 is 1.53 bits per heavy atom. The van der Waals surface area contributed by atoms with Gasteiger partial charge in [0.05, 0.1) is 18.1 Å². The molecule has 0 aromatic carbocycles. The SMILES string of the molecule is c1csc(-c2noc(CC3COCCN3)n2)c1. The number of nitrogens with zero attached hydrogens (tertiary/aromatic N) is 2. The third kappa shape index (κ3) is 2.54. The molecular formula is C11H13N3O2S. The zero-order valence-corrected chi connectivity index (χ0v) is 10.1. The predicted octanol–water partition coefficient (Wildman–Crippen LogP) is 1.33. The van der Waals surface area contributed by atoms with Crippen molar-refractivity contribution in [2.75, 3.05) is 19.8 Å². The summed E-state index contributed by atoms with van der Waals surface area (Å²) in [7, 11) is 0. The van der Waals surface area contributed by atoms with Crippen LogP contribution in [0, 0.1) is 0 Å². The second-order valence-corrected chi connectivity index (χ2v) is 4.87. The van der Waals surface area contributed by atoms with E-state index in [1.807, 2.05) is 17.5 Å². The van der Waals surface area contributed by atoms with E-state index in [2.05, 4.69) is 15.5 Å². The van der Waals surface area contributed by atoms with E-state index in [1.54, 1.807) is 11.3 Å². The summed E-state index contributed by atoms with van der Waals surface area (Å²) in [4.78, 5) is 5.42. The summed E-state index contributed by atoms with van der Waals surface area (Å²) in [6, 6.07) is 4.24. The van der Waals surface area contributed by atoms with E-state index < -0.39 is 0 Å². The summed E-state index contributed by atoms with van der Waals surface area (Å²) in [5.74, 6) is 1.34. The number of hydrogen-bond acceptors (Lipinski definition) is 6. The average molecular weight is 251 g/mol. The highest BCUT2D eigenvalue weighted by Gasteiger charge is 2.17. The molecule has 17 heavy (non-hydrogen) atoms. The normalized spacial score (nSPS) is 20.6. The Morgan fingerprint density at radius 2 is 2.53 bits per heavy atom. The van der Waals surface area contributed by atoms with Gasteiger partial charge in [-0.3, -0.25) is 0 Å². The minimum atomic E-state index is 0.278. The Bertz CT molecular complexity index is 463. The van der Waals surface area contributed by atoms with E-state index in [0.29, 0.717) is 18.3 Å². The lowest BCUT2D eigenvalue weighted by atomic mass is 10.2. The molecule has 0 amide bonds. The van der Waals surface area contributed by atoms with Gasteiger partial charge >= 0.3 is 0 Å². The van der Waals surface area contributed by atoms with E-state index >= 15 is 0 Å². The molecule has 0 radical (unpaired) electrons. The van der Waals surface area contributed by atoms with E-state index in [9.17, 15) is 0 Å². The minimum Gasteiger partial charge on any atom is -0.378 e. The van der Waals surface area contributed by atoms with Gasteiger partial charge in [-0.2, -0.15) is 4.98 Å². The number of hydrogen-bond donors (Lipinski definition) is 1. The highest BCUT2D eigenvalue weighted by Crippen LogP contribution is 2.21. The van der Waals surface area contributed by atoms with Crippen LogP contribution >= 0.6 is 11.3 Å². The molecule has 1 unspecified atom stereocenters. The van der Waals surface area contributed by atoms with E-state index in [-0.39, 0.29) is 6.04 Å². The molecule has 1 aliphatic rings. The van der Waals surface area contributed by atoms with Gasteiger partial charge in [-0.15, -0.1) is 11.3 Å². The largest absolute Gasteiger partial charge is 0.378 e. The van der Waals surface area contributed by atoms with E-state index in [0.717, 1.165) is 24.4 Å². The van der Waals surface area contributed by atoms with Crippen molar-refractivity contribution in [3.8, 4) is 10.7 Å². The van der Waals surface area contributed by atoms with Crippen LogP contribution in [0.2, 0.25) is 0 Å². The van der Waals surface area contributed by atoms with Gasteiger partial charge in [0.1, 0.15) is 0 Å². The molecule has 5 nitrogen and oxygen atoms in total. The van der Waals surface area contributed by atoms with Crippen LogP contribution in [0.25, 0.3) is 10.7 Å². The van der Waals surface area contributed by atoms with Crippen LogP contribution in [0.15, 0.2) is 22.0 Å². The van der Waals surface area contributed by atoms with Crippen molar-refractivity contribution in [3.63, 3.8) is 0 Å². The lowest BCUT2D eigenvalue weighted by Crippen LogP contribution is -2.42. The fourth-order valence-corrected chi connectivity index (χ4v) is 2.45. The third-order valence-electron chi connectivity index (χ3n) is 2.63. The van der Waals surface area contributed by atoms with Gasteiger partial charge in [-0.25, -0.2) is 0 Å². The maximum absolute atomic E-state index is 5.38. The molecular weight excluding hydrogens is 238 g/mol. The first kappa shape index (κ1) is 10.9. The standard InChI is InChI=1S/C11H13N3O2S/c1-2-9(17-5-1)11-13-10(16-14-11)6-8-7-15-4-3-12-8/h1-2,5,8,12H,3-4,6-7H2. The fourth-order valence-electron chi connectivity index (χ4n) is 1.81. The molecule has 0 spiro atoms. The topological polar surface area (TPSA) is 60.2 Å². The summed E-state index contributed by atoms with van der Waals surface area (Å²) in [5, 5.41) is 9.34. The maximum atomic E-state index is 5.38. The molecule has 1 aliphatic heterocycles. The lowest BCUT2D eigenvalue weighted by Gasteiger charge is -2.22. The summed E-state index contributed by atoms with van der Waals surface area (Å²) < 4.78 is 10.6. The molecule has 2 aromatic rings. The molecule has 1 saturated heterocycles. The van der Waals surface area contributed by atoms with Crippen LogP contribution < -0.4 is 5.32 Å². The molecule has 90 valence electrons. The predicted molar refractivity (Wildman–Crippen MR) is 63.9 cm³/mol. The summed E-state index contributed by atoms with van der Waals surface area (Å²) in [6.45, 7) is 2.37. The second-order valence-electron chi connectivity index (χ2n) is 3.92. The van der Waals surface area contributed by atoms with E-state index in [1.165, 1.54) is 0 Å². The Morgan fingerprint density at radius 3 is 3.29 bits per heavy atom. The zero-order chi connectivity index (χ0) is 11.5. The molecule has 3 heterocycles. The van der Waals surface area contributed by atoms with Gasteiger partial charge in [0.25, 0.3) is 0 Å². The summed E-state index contributed by atoms with van der Waals surface area (Å²) in [6.07, 6.45) is 0.721. The smallest absolute Gasteiger partial charge is 0.228 e. The minimum absolute atomic E-state index is 0.278. The van der Waals surface area contributed by atoms with E-state index in [4.69, 9.17) is 9.26 Å². The van der Waals surface area contributed by atoms with Crippen molar-refractivity contribution in [2.45, 2.75) is 12.5 Å². The Balaban J connectivity index is 1.68. The van der Waals surface area contributed by atoms with Gasteiger partial charge in [0.15, 0.2) is 0 Å². The number of ether oxygens (including phenoxy) is 1. The van der Waals surface area contributed by atoms with Gasteiger partial charge in [-0.05, 0) is 11.4 Å². The highest BCUT2D eigenvalue weighted by molar-refractivity contribution is 7.13. The second kappa shape index (κ2) is 4.95. The van der Waals surface area contributed by atoms with Crippen molar-refractivity contribution in [1.82, 2.24) is 15.5 Å².